The summed E-state index contributed by atoms with van der Waals surface area (Å²) in [6, 6.07) is 8.31. The maximum atomic E-state index is 12.7. The summed E-state index contributed by atoms with van der Waals surface area (Å²) in [5, 5.41) is 8.63. The smallest absolute Gasteiger partial charge is 0.263 e. The molecule has 8 heteroatoms. The number of pyridine rings is 1. The second kappa shape index (κ2) is 7.60. The summed E-state index contributed by atoms with van der Waals surface area (Å²) in [4.78, 5) is 30.2. The molecule has 2 aliphatic heterocycles. The Morgan fingerprint density at radius 1 is 1.21 bits per heavy atom. The van der Waals surface area contributed by atoms with Crippen LogP contribution in [0.15, 0.2) is 30.8 Å². The maximum absolute atomic E-state index is 12.7. The van der Waals surface area contributed by atoms with Gasteiger partial charge < -0.3 is 15.5 Å². The number of hydrogen-bond acceptors (Lipinski definition) is 7. The van der Waals surface area contributed by atoms with Gasteiger partial charge in [0.05, 0.1) is 28.3 Å². The Balaban J connectivity index is 1.54. The van der Waals surface area contributed by atoms with Crippen LogP contribution >= 0.6 is 11.3 Å². The van der Waals surface area contributed by atoms with E-state index in [2.05, 4.69) is 41.3 Å². The van der Waals surface area contributed by atoms with Gasteiger partial charge in [0.1, 0.15) is 4.88 Å². The molecule has 4 aromatic rings. The summed E-state index contributed by atoms with van der Waals surface area (Å²) in [5.74, 6) is 0.619. The molecule has 3 aromatic heterocycles. The van der Waals surface area contributed by atoms with Gasteiger partial charge >= 0.3 is 0 Å². The lowest BCUT2D eigenvalue weighted by Crippen LogP contribution is -2.34. The molecule has 0 fully saturated rings. The highest BCUT2D eigenvalue weighted by Gasteiger charge is 2.26. The average Bonchev–Trinajstić information content (AvgIpc) is 3.14. The molecular formula is C25H24N6OS. The first-order chi connectivity index (χ1) is 16.0. The van der Waals surface area contributed by atoms with Crippen LogP contribution in [-0.2, 0) is 13.0 Å². The van der Waals surface area contributed by atoms with E-state index in [1.54, 1.807) is 6.08 Å². The molecule has 0 bridgehead atoms. The Bertz CT molecular complexity index is 1460. The van der Waals surface area contributed by atoms with Crippen molar-refractivity contribution < 1.29 is 4.79 Å². The van der Waals surface area contributed by atoms with Gasteiger partial charge in [-0.15, -0.1) is 11.3 Å². The van der Waals surface area contributed by atoms with Gasteiger partial charge in [0.25, 0.3) is 5.91 Å². The number of carbonyl (C=O) groups excluding carboxylic acids is 1. The quantitative estimate of drug-likeness (QED) is 0.473. The number of benzene rings is 1. The Labute approximate surface area is 195 Å². The highest BCUT2D eigenvalue weighted by atomic mass is 32.1. The van der Waals surface area contributed by atoms with Crippen LogP contribution in [0.2, 0.25) is 0 Å². The lowest BCUT2D eigenvalue weighted by Gasteiger charge is -2.26. The van der Waals surface area contributed by atoms with Crippen molar-refractivity contribution in [2.75, 3.05) is 25.5 Å². The minimum Gasteiger partial charge on any atom is -0.381 e. The molecule has 0 saturated carbocycles. The fraction of sp³-hybridized carbons (Fsp3) is 0.280. The number of likely N-dealkylation sites (N-methyl/N-ethyl adjacent to an activating group) is 1. The van der Waals surface area contributed by atoms with Crippen molar-refractivity contribution in [3.05, 3.63) is 52.8 Å². The molecule has 166 valence electrons. The lowest BCUT2D eigenvalue weighted by atomic mass is 10.0. The molecule has 1 aromatic carbocycles. The van der Waals surface area contributed by atoms with Crippen molar-refractivity contribution in [3.63, 3.8) is 0 Å². The molecule has 5 heterocycles. The van der Waals surface area contributed by atoms with Crippen LogP contribution in [0.1, 0.15) is 33.7 Å². The Kier molecular flexibility index (Phi) is 4.67. The molecule has 2 aliphatic rings. The van der Waals surface area contributed by atoms with Crippen LogP contribution < -0.4 is 10.6 Å². The fourth-order valence-electron chi connectivity index (χ4n) is 4.73. The third-order valence-electron chi connectivity index (χ3n) is 6.38. The fourth-order valence-corrected chi connectivity index (χ4v) is 5.83. The average molecular weight is 457 g/mol. The Morgan fingerprint density at radius 2 is 2.09 bits per heavy atom. The summed E-state index contributed by atoms with van der Waals surface area (Å²) in [7, 11) is 2.12. The van der Waals surface area contributed by atoms with Crippen molar-refractivity contribution in [1.82, 2.24) is 25.2 Å². The van der Waals surface area contributed by atoms with Gasteiger partial charge in [0, 0.05) is 53.1 Å². The second-order valence-electron chi connectivity index (χ2n) is 8.81. The SMILES string of the molecule is C=Cc1nc2c(c(-c3ccc4c(ccc5sc6c(c54)NC[C@@H](C)NC6=O)n3)n1)CN(C)CC2. The molecule has 0 spiro atoms. The Morgan fingerprint density at radius 3 is 2.94 bits per heavy atom. The highest BCUT2D eigenvalue weighted by Crippen LogP contribution is 2.41. The van der Waals surface area contributed by atoms with Gasteiger partial charge in [-0.2, -0.15) is 0 Å². The van der Waals surface area contributed by atoms with Crippen LogP contribution in [0.3, 0.4) is 0 Å². The third kappa shape index (κ3) is 3.29. The molecule has 0 aliphatic carbocycles. The predicted molar refractivity (Wildman–Crippen MR) is 134 cm³/mol. The van der Waals surface area contributed by atoms with E-state index in [0.717, 1.165) is 73.7 Å². The van der Waals surface area contributed by atoms with Crippen molar-refractivity contribution in [2.24, 2.45) is 0 Å². The van der Waals surface area contributed by atoms with Gasteiger partial charge in [-0.05, 0) is 44.3 Å². The minimum atomic E-state index is -0.0184. The van der Waals surface area contributed by atoms with E-state index in [9.17, 15) is 4.79 Å². The largest absolute Gasteiger partial charge is 0.381 e. The number of nitrogens with zero attached hydrogens (tertiary/aromatic N) is 4. The standard InChI is InChI=1S/C25H24N6OS/c1-4-20-29-17-9-10-31(3)12-15(17)22(30-20)18-6-5-14-16(28-18)7-8-19-21(14)23-24(33-19)25(32)27-13(2)11-26-23/h4-8,13,26H,1,9-12H2,2-3H3,(H,27,32)/t13-/m1/s1. The molecule has 0 unspecified atom stereocenters. The van der Waals surface area contributed by atoms with E-state index in [1.807, 2.05) is 19.1 Å². The monoisotopic (exact) mass is 456 g/mol. The summed E-state index contributed by atoms with van der Waals surface area (Å²) in [6.45, 7) is 8.35. The number of amides is 1. The van der Waals surface area contributed by atoms with E-state index in [0.29, 0.717) is 12.4 Å². The number of fused-ring (bicyclic) bond motifs is 6. The number of rotatable bonds is 2. The number of nitrogens with one attached hydrogen (secondary N) is 2. The molecule has 1 atom stereocenters. The highest BCUT2D eigenvalue weighted by molar-refractivity contribution is 7.21. The topological polar surface area (TPSA) is 83.0 Å². The van der Waals surface area contributed by atoms with Gasteiger partial charge in [-0.1, -0.05) is 6.58 Å². The predicted octanol–water partition coefficient (Wildman–Crippen LogP) is 4.08. The molecule has 33 heavy (non-hydrogen) atoms. The normalized spacial score (nSPS) is 18.4. The summed E-state index contributed by atoms with van der Waals surface area (Å²) in [5.41, 5.74) is 5.72. The number of hydrogen-bond donors (Lipinski definition) is 2. The molecule has 6 rings (SSSR count). The first-order valence-corrected chi connectivity index (χ1v) is 12.0. The zero-order valence-corrected chi connectivity index (χ0v) is 19.4. The number of carbonyl (C=O) groups is 1. The van der Waals surface area contributed by atoms with Crippen molar-refractivity contribution in [1.29, 1.82) is 0 Å². The van der Waals surface area contributed by atoms with E-state index < -0.39 is 0 Å². The molecule has 2 N–H and O–H groups in total. The first kappa shape index (κ1) is 20.3. The molecule has 1 amide bonds. The molecule has 0 radical (unpaired) electrons. The number of anilines is 1. The second-order valence-corrected chi connectivity index (χ2v) is 9.86. The van der Waals surface area contributed by atoms with Crippen LogP contribution in [0, 0.1) is 0 Å². The summed E-state index contributed by atoms with van der Waals surface area (Å²) in [6.07, 6.45) is 2.59. The van der Waals surface area contributed by atoms with Crippen molar-refractivity contribution in [3.8, 4) is 11.4 Å². The third-order valence-corrected chi connectivity index (χ3v) is 7.54. The van der Waals surface area contributed by atoms with Gasteiger partial charge in [-0.25, -0.2) is 15.0 Å². The van der Waals surface area contributed by atoms with Crippen LogP contribution in [0.5, 0.6) is 0 Å². The van der Waals surface area contributed by atoms with E-state index in [4.69, 9.17) is 15.0 Å². The number of thiophene rings is 1. The van der Waals surface area contributed by atoms with Crippen LogP contribution in [-0.4, -0.2) is 51.9 Å². The molecule has 0 saturated heterocycles. The summed E-state index contributed by atoms with van der Waals surface area (Å²) < 4.78 is 1.08. The first-order valence-electron chi connectivity index (χ1n) is 11.1. The minimum absolute atomic E-state index is 0.0184. The zero-order valence-electron chi connectivity index (χ0n) is 18.6. The van der Waals surface area contributed by atoms with Gasteiger partial charge in [0.15, 0.2) is 5.82 Å². The molecule has 7 nitrogen and oxygen atoms in total. The van der Waals surface area contributed by atoms with Gasteiger partial charge in [-0.3, -0.25) is 4.79 Å². The zero-order chi connectivity index (χ0) is 22.7. The van der Waals surface area contributed by atoms with Crippen molar-refractivity contribution >= 4 is 50.0 Å². The van der Waals surface area contributed by atoms with Gasteiger partial charge in [0.2, 0.25) is 0 Å². The van der Waals surface area contributed by atoms with Crippen LogP contribution in [0.25, 0.3) is 38.5 Å². The Hall–Kier alpha value is -3.36. The molecular weight excluding hydrogens is 432 g/mol. The summed E-state index contributed by atoms with van der Waals surface area (Å²) >= 11 is 1.52. The lowest BCUT2D eigenvalue weighted by molar-refractivity contribution is 0.0949. The van der Waals surface area contributed by atoms with E-state index >= 15 is 0 Å². The maximum Gasteiger partial charge on any atom is 0.263 e. The number of aromatic nitrogens is 3. The van der Waals surface area contributed by atoms with Crippen molar-refractivity contribution in [2.45, 2.75) is 25.9 Å². The van der Waals surface area contributed by atoms with E-state index in [1.165, 1.54) is 11.3 Å². The van der Waals surface area contributed by atoms with Crippen LogP contribution in [0.4, 0.5) is 5.69 Å². The van der Waals surface area contributed by atoms with E-state index in [-0.39, 0.29) is 11.9 Å².